The van der Waals surface area contributed by atoms with Gasteiger partial charge in [0.1, 0.15) is 66.5 Å². The molecule has 0 bridgehead atoms. The van der Waals surface area contributed by atoms with Crippen molar-refractivity contribution in [3.63, 3.8) is 0 Å². The van der Waals surface area contributed by atoms with Gasteiger partial charge in [-0.25, -0.2) is 4.79 Å². The molecule has 2 heterocycles. The third-order valence-electron chi connectivity index (χ3n) is 18.9. The first kappa shape index (κ1) is 97.2. The zero-order valence-electron chi connectivity index (χ0n) is 67.5. The number of para-hydroxylation sites is 1. The fraction of sp³-hybridized carbons (Fsp3) is 0.520. The van der Waals surface area contributed by atoms with Crippen LogP contribution in [0, 0.1) is 32.5 Å². The van der Waals surface area contributed by atoms with Crippen molar-refractivity contribution in [2.24, 2.45) is 39.8 Å². The molecule has 0 radical (unpaired) electrons. The quantitative estimate of drug-likeness (QED) is 0.00914. The van der Waals surface area contributed by atoms with Crippen molar-refractivity contribution in [3.8, 4) is 0 Å². The molecule has 0 aliphatic carbocycles. The lowest BCUT2D eigenvalue weighted by molar-refractivity contribution is -0.145. The zero-order valence-corrected chi connectivity index (χ0v) is 69.1. The van der Waals surface area contributed by atoms with Gasteiger partial charge in [-0.15, -0.1) is 0 Å². The smallest absolute Gasteiger partial charge is 0.326 e. The fourth-order valence-electron chi connectivity index (χ4n) is 12.7. The number of H-pyrrole nitrogens is 1. The van der Waals surface area contributed by atoms with Gasteiger partial charge in [0.25, 0.3) is 0 Å². The molecule has 1 aliphatic heterocycles. The van der Waals surface area contributed by atoms with Crippen LogP contribution < -0.4 is 119 Å². The highest BCUT2D eigenvalue weighted by Crippen LogP contribution is 2.39. The fourth-order valence-corrected chi connectivity index (χ4v) is 15.5. The van der Waals surface area contributed by atoms with Crippen LogP contribution in [0.15, 0.2) is 72.9 Å². The van der Waals surface area contributed by atoms with E-state index in [1.807, 2.05) is 18.2 Å². The van der Waals surface area contributed by atoms with Gasteiger partial charge >= 0.3 is 5.97 Å². The van der Waals surface area contributed by atoms with Gasteiger partial charge in [0, 0.05) is 86.5 Å². The number of hydrogen-bond donors (Lipinski definition) is 29. The minimum Gasteiger partial charge on any atom is -0.480 e. The van der Waals surface area contributed by atoms with Gasteiger partial charge in [-0.1, -0.05) is 103 Å². The molecule has 3 aromatic carbocycles. The number of amides is 12. The molecule has 12 amide bonds. The number of rotatable bonds is 35. The molecule has 0 saturated carbocycles. The first-order chi connectivity index (χ1) is 56.1. The number of nitrogens with two attached hydrogens (primary N) is 6. The average molecular weight is 1700 g/mol. The largest absolute Gasteiger partial charge is 0.480 e. The highest BCUT2D eigenvalue weighted by atomic mass is 33.1. The van der Waals surface area contributed by atoms with Gasteiger partial charge in [-0.3, -0.25) is 84.6 Å². The maximum atomic E-state index is 15.7. The summed E-state index contributed by atoms with van der Waals surface area (Å²) in [6, 6.07) is 1.62. The molecule has 35 N–H and O–H groups in total. The average Bonchev–Trinajstić information content (AvgIpc) is 1.75. The first-order valence-corrected chi connectivity index (χ1v) is 41.0. The minimum atomic E-state index is -1.88. The number of hydrogen-bond acceptors (Lipinski definition) is 20. The van der Waals surface area contributed by atoms with Gasteiger partial charge in [-0.2, -0.15) is 0 Å². The van der Waals surface area contributed by atoms with Gasteiger partial charge in [-0.05, 0) is 118 Å². The first-order valence-electron chi connectivity index (χ1n) is 38.7. The number of guanidine groups is 5. The summed E-state index contributed by atoms with van der Waals surface area (Å²) in [5.41, 5.74) is 34.3. The number of aromatic amines is 1. The van der Waals surface area contributed by atoms with Crippen molar-refractivity contribution in [2.45, 2.75) is 203 Å². The minimum absolute atomic E-state index is 0.00434. The second-order valence-corrected chi connectivity index (χ2v) is 33.2. The number of primary amides is 1. The zero-order chi connectivity index (χ0) is 88.3. The second kappa shape index (κ2) is 47.7. The predicted molar refractivity (Wildman–Crippen MR) is 452 cm³/mol. The summed E-state index contributed by atoms with van der Waals surface area (Å²) in [7, 11) is 1.72. The highest BCUT2D eigenvalue weighted by molar-refractivity contribution is 8.77. The van der Waals surface area contributed by atoms with E-state index in [9.17, 15) is 38.7 Å². The molecule has 1 fully saturated rings. The van der Waals surface area contributed by atoms with E-state index in [1.165, 1.54) is 13.8 Å². The topological polar surface area (TPSA) is 726 Å². The van der Waals surface area contributed by atoms with Crippen molar-refractivity contribution in [1.82, 2.24) is 90.1 Å². The lowest BCUT2D eigenvalue weighted by Gasteiger charge is -2.35. The van der Waals surface area contributed by atoms with E-state index < -0.39 is 196 Å². The summed E-state index contributed by atoms with van der Waals surface area (Å²) in [6.45, 7) is 8.66. The third kappa shape index (κ3) is 34.0. The van der Waals surface area contributed by atoms with E-state index in [2.05, 4.69) is 90.1 Å². The molecule has 4 aromatic rings. The number of carbonyl (C=O) groups is 13. The molecular weight excluding hydrogens is 1580 g/mol. The van der Waals surface area contributed by atoms with Gasteiger partial charge in [0.05, 0.1) is 0 Å². The summed E-state index contributed by atoms with van der Waals surface area (Å²) >= 11 is 0. The summed E-state index contributed by atoms with van der Waals surface area (Å²) in [4.78, 5) is 194. The Bertz CT molecular complexity index is 4290. The number of aliphatic carboxylic acids is 1. The van der Waals surface area contributed by atoms with E-state index >= 15 is 28.8 Å². The monoisotopic (exact) mass is 1700 g/mol. The van der Waals surface area contributed by atoms with Gasteiger partial charge < -0.3 is 130 Å². The Balaban J connectivity index is 1.78. The molecule has 5 rings (SSSR count). The van der Waals surface area contributed by atoms with Crippen molar-refractivity contribution < 1.29 is 67.4 Å². The maximum Gasteiger partial charge on any atom is 0.326 e. The van der Waals surface area contributed by atoms with Crippen LogP contribution in [0.3, 0.4) is 0 Å². The number of carboxylic acids is 1. The number of fused-ring (bicyclic) bond motifs is 2. The third-order valence-corrected chi connectivity index (χ3v) is 22.2. The van der Waals surface area contributed by atoms with E-state index in [-0.39, 0.29) is 116 Å². The molecule has 11 atom stereocenters. The standard InChI is InChI=1S/C75H116N28O14S2/c1-39(104)93-54-38-118-119-75(5,6)56(67(115)99-49(23-14-32-90-72(83)84)60(108)96-50(24-15-33-91-73(85)86)62(110)103-57(68(116)117)74(2,3)4)102-63(111)51(27-28-55(76)105)98-65(113)53(36-43-37-92-45-19-10-9-18-44(43)45)101-64(112)52(35-40-25-26-41-16-7-8-17-42(41)34-40)100-61(109)48(22-13-31-89-71(81)82)95-58(106)46(20-11-29-87-69(77)78)94-59(107)47(97-66(54)114)21-12-30-88-70(79)80/h7-10,16-19,25-26,34,37,46-54,56-57,92H,11-15,20-24,27-33,35-36,38H2,1-6H3,(H2,76,105)(H,93,104)(H,94,107)(H,95,106)(H,96,108)(H,97,114)(H,98,113)(H,99,115)(H,100,109)(H,101,112)(H,102,111)(H,103,110)(H,116,117)(H4,77,78,87)(H4,79,80,88)(H4,81,82,89)(H4,83,84,90)(H4,85,86,91)/t46-,47+,48-,49+,50-,51-,52-,53-,54-,56+,57+/m0/s1. The summed E-state index contributed by atoms with van der Waals surface area (Å²) < 4.78 is -1.69. The van der Waals surface area contributed by atoms with Crippen molar-refractivity contribution >= 4 is 150 Å². The highest BCUT2D eigenvalue weighted by Gasteiger charge is 2.43. The van der Waals surface area contributed by atoms with Crippen LogP contribution in [0.4, 0.5) is 0 Å². The molecule has 119 heavy (non-hydrogen) atoms. The molecule has 1 aliphatic rings. The van der Waals surface area contributed by atoms with E-state index in [4.69, 9.17) is 61.4 Å². The van der Waals surface area contributed by atoms with Crippen molar-refractivity contribution in [1.29, 1.82) is 27.0 Å². The van der Waals surface area contributed by atoms with E-state index in [0.29, 0.717) is 22.0 Å². The number of carboxylic acid groups (broad SMARTS) is 1. The number of benzene rings is 3. The Morgan fingerprint density at radius 1 is 0.521 bits per heavy atom. The summed E-state index contributed by atoms with van der Waals surface area (Å²) in [5, 5.41) is 93.8. The van der Waals surface area contributed by atoms with Crippen LogP contribution in [-0.2, 0) is 75.2 Å². The van der Waals surface area contributed by atoms with Crippen LogP contribution in [0.5, 0.6) is 0 Å². The molecule has 0 spiro atoms. The van der Waals surface area contributed by atoms with E-state index in [1.54, 1.807) is 75.5 Å². The Labute approximate surface area is 696 Å². The van der Waals surface area contributed by atoms with Crippen LogP contribution in [-0.4, -0.2) is 226 Å². The van der Waals surface area contributed by atoms with Crippen LogP contribution in [0.2, 0.25) is 0 Å². The lowest BCUT2D eigenvalue weighted by Crippen LogP contribution is -2.64. The Hall–Kier alpha value is -12.4. The summed E-state index contributed by atoms with van der Waals surface area (Å²) in [6.07, 6.45) is -1.15. The predicted octanol–water partition coefficient (Wildman–Crippen LogP) is -3.65. The number of aromatic nitrogens is 1. The SMILES string of the molecule is CC(=O)N[C@H]1CSSC(C)(C)[C@@H](C(=O)N[C@H](CCCNC(=N)N)C(=O)N[C@@H](CCCNC(=N)N)C(=O)N[C@H](C(=O)O)C(C)(C)C)NC(=O)[C@H](CCC(N)=O)NC(=O)[C@H](Cc2c[nH]c3ccccc23)NC(=O)[C@H](Cc2ccc3ccccc3c2)NC(=O)[C@H](CCCNC(=N)N)NC(=O)[C@H](CCCNC(=N)N)NC(=O)[C@@H](CCCNC(=N)N)NC1=O. The molecule has 1 saturated heterocycles. The van der Waals surface area contributed by atoms with Crippen molar-refractivity contribution in [2.75, 3.05) is 38.5 Å². The second-order valence-electron chi connectivity index (χ2n) is 30.2. The van der Waals surface area contributed by atoms with Crippen LogP contribution in [0.1, 0.15) is 130 Å². The van der Waals surface area contributed by atoms with Crippen LogP contribution >= 0.6 is 21.6 Å². The Morgan fingerprint density at radius 2 is 0.941 bits per heavy atom. The molecule has 42 nitrogen and oxygen atoms in total. The van der Waals surface area contributed by atoms with Gasteiger partial charge in [0.15, 0.2) is 29.8 Å². The number of nitrogens with one attached hydrogen (secondary N) is 22. The van der Waals surface area contributed by atoms with Crippen molar-refractivity contribution in [3.05, 3.63) is 84.1 Å². The van der Waals surface area contributed by atoms with Gasteiger partial charge in [0.2, 0.25) is 70.9 Å². The Kier molecular flexibility index (Phi) is 39.0. The molecule has 44 heteroatoms. The van der Waals surface area contributed by atoms with E-state index in [0.717, 1.165) is 39.3 Å². The lowest BCUT2D eigenvalue weighted by atomic mass is 9.86. The normalized spacial score (nSPS) is 20.0. The molecule has 652 valence electrons. The Morgan fingerprint density at radius 3 is 1.42 bits per heavy atom. The molecule has 1 aromatic heterocycles. The summed E-state index contributed by atoms with van der Waals surface area (Å²) in [5.74, 6) is -15.8. The number of carbonyl (C=O) groups excluding carboxylic acids is 12. The maximum absolute atomic E-state index is 15.7. The molecule has 0 unspecified atom stereocenters. The van der Waals surface area contributed by atoms with Crippen LogP contribution in [0.25, 0.3) is 21.7 Å². The molecular formula is C75H116N28O14S2.